The molecule has 0 aromatic rings. The molecule has 0 saturated carbocycles. The standard InChI is InChI=1S/C44H70O10/c1-3-5-7-15-23-35(37-31-41(49)53-43(37)51)29-27-33(21-17-11-9-13-19-25-39(45)46)34(22-18-12-10-14-20-26-40(47)48)28-30-36(24-16-8-6-4-2)38-32-42(50)54-44(38)52/h15-16,23-24,33-38H,3-14,17-22,25-32H2,1-2H3,(H,45,46)(H,47,48). The number of allylic oxidation sites excluding steroid dienone is 4. The van der Waals surface area contributed by atoms with Gasteiger partial charge in [-0.15, -0.1) is 0 Å². The number of ether oxygens (including phenoxy) is 2. The smallest absolute Gasteiger partial charge is 0.317 e. The number of carbonyl (C=O) groups excluding carboxylic acids is 4. The Balaban J connectivity index is 2.30. The van der Waals surface area contributed by atoms with Crippen molar-refractivity contribution in [1.82, 2.24) is 0 Å². The van der Waals surface area contributed by atoms with E-state index in [2.05, 4.69) is 38.2 Å². The Labute approximate surface area is 324 Å². The number of carboxylic acids is 2. The van der Waals surface area contributed by atoms with Crippen LogP contribution in [0.4, 0.5) is 0 Å². The van der Waals surface area contributed by atoms with Crippen LogP contribution in [0.15, 0.2) is 24.3 Å². The summed E-state index contributed by atoms with van der Waals surface area (Å²) in [6, 6.07) is 0. The Hall–Kier alpha value is -3.30. The van der Waals surface area contributed by atoms with Gasteiger partial charge >= 0.3 is 35.8 Å². The number of unbranched alkanes of at least 4 members (excludes halogenated alkanes) is 12. The molecule has 0 aliphatic carbocycles. The largest absolute Gasteiger partial charge is 0.481 e. The monoisotopic (exact) mass is 758 g/mol. The number of hydrogen-bond donors (Lipinski definition) is 2. The van der Waals surface area contributed by atoms with Crippen LogP contribution in [-0.4, -0.2) is 46.0 Å². The number of esters is 4. The van der Waals surface area contributed by atoms with Crippen molar-refractivity contribution in [2.45, 2.75) is 181 Å². The molecule has 0 amide bonds. The summed E-state index contributed by atoms with van der Waals surface area (Å²) in [5.41, 5.74) is 0. The van der Waals surface area contributed by atoms with Gasteiger partial charge in [0.05, 0.1) is 24.7 Å². The summed E-state index contributed by atoms with van der Waals surface area (Å²) in [4.78, 5) is 71.8. The van der Waals surface area contributed by atoms with Crippen LogP contribution in [0.3, 0.4) is 0 Å². The summed E-state index contributed by atoms with van der Waals surface area (Å²) >= 11 is 0. The highest BCUT2D eigenvalue weighted by molar-refractivity contribution is 5.95. The molecule has 2 rings (SSSR count). The fraction of sp³-hybridized carbons (Fsp3) is 0.773. The van der Waals surface area contributed by atoms with E-state index in [-0.39, 0.29) is 37.5 Å². The van der Waals surface area contributed by atoms with Gasteiger partial charge in [-0.05, 0) is 75.0 Å². The Bertz CT molecular complexity index is 1110. The van der Waals surface area contributed by atoms with Crippen LogP contribution in [-0.2, 0) is 38.2 Å². The minimum Gasteiger partial charge on any atom is -0.481 e. The third-order valence-electron chi connectivity index (χ3n) is 11.4. The zero-order chi connectivity index (χ0) is 39.6. The first-order valence-electron chi connectivity index (χ1n) is 21.3. The third-order valence-corrected chi connectivity index (χ3v) is 11.4. The van der Waals surface area contributed by atoms with Crippen molar-refractivity contribution < 1.29 is 48.5 Å². The second-order valence-electron chi connectivity index (χ2n) is 15.8. The van der Waals surface area contributed by atoms with E-state index in [1.54, 1.807) is 0 Å². The van der Waals surface area contributed by atoms with Crippen LogP contribution in [0, 0.1) is 35.5 Å². The van der Waals surface area contributed by atoms with Gasteiger partial charge in [0.25, 0.3) is 0 Å². The van der Waals surface area contributed by atoms with E-state index in [4.69, 9.17) is 19.7 Å². The fourth-order valence-corrected chi connectivity index (χ4v) is 8.16. The minimum absolute atomic E-state index is 0.0947. The lowest BCUT2D eigenvalue weighted by atomic mass is 9.74. The summed E-state index contributed by atoms with van der Waals surface area (Å²) in [5, 5.41) is 18.1. The number of carbonyl (C=O) groups is 6. The molecule has 0 aromatic carbocycles. The molecule has 10 nitrogen and oxygen atoms in total. The summed E-state index contributed by atoms with van der Waals surface area (Å²) in [5.74, 6) is -3.79. The second-order valence-corrected chi connectivity index (χ2v) is 15.8. The molecule has 306 valence electrons. The first-order valence-corrected chi connectivity index (χ1v) is 21.3. The molecule has 0 spiro atoms. The molecule has 2 N–H and O–H groups in total. The van der Waals surface area contributed by atoms with E-state index in [1.807, 2.05) is 0 Å². The molecule has 6 unspecified atom stereocenters. The summed E-state index contributed by atoms with van der Waals surface area (Å²) in [6.07, 6.45) is 29.6. The summed E-state index contributed by atoms with van der Waals surface area (Å²) < 4.78 is 10.00. The highest BCUT2D eigenvalue weighted by Gasteiger charge is 2.40. The molecule has 6 atom stereocenters. The Kier molecular flexibility index (Phi) is 24.4. The minimum atomic E-state index is -0.764. The lowest BCUT2D eigenvalue weighted by Gasteiger charge is -2.31. The topological polar surface area (TPSA) is 161 Å². The molecular formula is C44H70O10. The first-order chi connectivity index (χ1) is 26.0. The van der Waals surface area contributed by atoms with E-state index in [1.165, 1.54) is 0 Å². The van der Waals surface area contributed by atoms with Crippen LogP contribution in [0.25, 0.3) is 0 Å². The normalized spacial score (nSPS) is 19.7. The van der Waals surface area contributed by atoms with Gasteiger partial charge in [-0.1, -0.05) is 128 Å². The molecule has 10 heteroatoms. The van der Waals surface area contributed by atoms with Gasteiger partial charge in [0.2, 0.25) is 0 Å². The predicted octanol–water partition coefficient (Wildman–Crippen LogP) is 10.3. The average Bonchev–Trinajstić information content (AvgIpc) is 3.65. The molecule has 54 heavy (non-hydrogen) atoms. The van der Waals surface area contributed by atoms with Crippen molar-refractivity contribution in [3.8, 4) is 0 Å². The Morgan fingerprint density at radius 2 is 0.926 bits per heavy atom. The second kappa shape index (κ2) is 28.2. The molecule has 0 bridgehead atoms. The van der Waals surface area contributed by atoms with Crippen molar-refractivity contribution in [3.05, 3.63) is 24.3 Å². The number of rotatable bonds is 33. The maximum absolute atomic E-state index is 12.8. The molecule has 2 fully saturated rings. The van der Waals surface area contributed by atoms with Crippen molar-refractivity contribution in [3.63, 3.8) is 0 Å². The molecule has 2 aliphatic heterocycles. The van der Waals surface area contributed by atoms with Crippen molar-refractivity contribution in [1.29, 1.82) is 0 Å². The van der Waals surface area contributed by atoms with E-state index in [0.29, 0.717) is 24.7 Å². The predicted molar refractivity (Wildman–Crippen MR) is 208 cm³/mol. The lowest BCUT2D eigenvalue weighted by molar-refractivity contribution is -0.155. The number of cyclic esters (lactones) is 4. The van der Waals surface area contributed by atoms with Gasteiger partial charge in [-0.2, -0.15) is 0 Å². The molecular weight excluding hydrogens is 688 g/mol. The Morgan fingerprint density at radius 3 is 1.26 bits per heavy atom. The molecule has 0 radical (unpaired) electrons. The third kappa shape index (κ3) is 19.9. The van der Waals surface area contributed by atoms with Gasteiger partial charge in [0, 0.05) is 12.8 Å². The van der Waals surface area contributed by atoms with Gasteiger partial charge in [0.1, 0.15) is 0 Å². The van der Waals surface area contributed by atoms with Crippen LogP contribution >= 0.6 is 0 Å². The van der Waals surface area contributed by atoms with Gasteiger partial charge in [0.15, 0.2) is 0 Å². The Morgan fingerprint density at radius 1 is 0.556 bits per heavy atom. The number of aliphatic carboxylic acids is 2. The van der Waals surface area contributed by atoms with E-state index in [9.17, 15) is 28.8 Å². The van der Waals surface area contributed by atoms with E-state index >= 15 is 0 Å². The molecule has 2 heterocycles. The first kappa shape index (κ1) is 46.9. The van der Waals surface area contributed by atoms with E-state index in [0.717, 1.165) is 128 Å². The zero-order valence-electron chi connectivity index (χ0n) is 33.3. The zero-order valence-corrected chi connectivity index (χ0v) is 33.3. The summed E-state index contributed by atoms with van der Waals surface area (Å²) in [6.45, 7) is 4.29. The fourth-order valence-electron chi connectivity index (χ4n) is 8.16. The molecule has 0 aromatic heterocycles. The lowest BCUT2D eigenvalue weighted by Crippen LogP contribution is -2.23. The van der Waals surface area contributed by atoms with Crippen molar-refractivity contribution in [2.24, 2.45) is 35.5 Å². The number of hydrogen-bond acceptors (Lipinski definition) is 8. The van der Waals surface area contributed by atoms with Gasteiger partial charge < -0.3 is 19.7 Å². The van der Waals surface area contributed by atoms with Crippen LogP contribution in [0.5, 0.6) is 0 Å². The van der Waals surface area contributed by atoms with Gasteiger partial charge in [-0.3, -0.25) is 28.8 Å². The van der Waals surface area contributed by atoms with E-state index < -0.39 is 47.7 Å². The maximum Gasteiger partial charge on any atom is 0.317 e. The molecule has 2 aliphatic rings. The quantitative estimate of drug-likeness (QED) is 0.0285. The average molecular weight is 759 g/mol. The SMILES string of the molecule is CCCCC=CC(CCC(CCCCCCCC(=O)O)C(CCCCCCCC(=O)O)CCC(C=CCCCC)C1CC(=O)OC1=O)C1CC(=O)OC1=O. The highest BCUT2D eigenvalue weighted by Crippen LogP contribution is 2.39. The maximum atomic E-state index is 12.8. The van der Waals surface area contributed by atoms with Crippen LogP contribution < -0.4 is 0 Å². The number of carboxylic acid groups (broad SMARTS) is 2. The summed E-state index contributed by atoms with van der Waals surface area (Å²) in [7, 11) is 0. The van der Waals surface area contributed by atoms with Crippen molar-refractivity contribution in [2.75, 3.05) is 0 Å². The van der Waals surface area contributed by atoms with Crippen LogP contribution in [0.2, 0.25) is 0 Å². The van der Waals surface area contributed by atoms with Gasteiger partial charge in [-0.25, -0.2) is 0 Å². The highest BCUT2D eigenvalue weighted by atomic mass is 16.6. The molecule has 2 saturated heterocycles. The van der Waals surface area contributed by atoms with Crippen molar-refractivity contribution >= 4 is 35.8 Å². The van der Waals surface area contributed by atoms with Crippen LogP contribution in [0.1, 0.15) is 181 Å².